The molecule has 0 bridgehead atoms. The van der Waals surface area contributed by atoms with Gasteiger partial charge in [-0.05, 0) is 25.8 Å². The summed E-state index contributed by atoms with van der Waals surface area (Å²) in [7, 11) is 2.27. The third kappa shape index (κ3) is 2.94. The Bertz CT molecular complexity index is 169. The van der Waals surface area contributed by atoms with E-state index < -0.39 is 0 Å². The molecule has 0 atom stereocenters. The van der Waals surface area contributed by atoms with Crippen LogP contribution in [0.1, 0.15) is 52.4 Å². The quantitative estimate of drug-likeness (QED) is 0.733. The van der Waals surface area contributed by atoms with Crippen LogP contribution in [0.4, 0.5) is 0 Å². The van der Waals surface area contributed by atoms with Gasteiger partial charge in [0, 0.05) is 18.6 Å². The van der Waals surface area contributed by atoms with Crippen molar-refractivity contribution in [1.29, 1.82) is 0 Å². The summed E-state index contributed by atoms with van der Waals surface area (Å²) < 4.78 is 0. The van der Waals surface area contributed by atoms with E-state index in [2.05, 4.69) is 25.8 Å². The second kappa shape index (κ2) is 5.86. The van der Waals surface area contributed by atoms with Gasteiger partial charge in [-0.1, -0.05) is 39.5 Å². The molecule has 2 N–H and O–H groups in total. The smallest absolute Gasteiger partial charge is 0.0328 e. The molecule has 2 nitrogen and oxygen atoms in total. The van der Waals surface area contributed by atoms with Crippen LogP contribution in [0.15, 0.2) is 0 Å². The zero-order chi connectivity index (χ0) is 11.3. The molecule has 0 radical (unpaired) electrons. The Labute approximate surface area is 95.2 Å². The SMILES string of the molecule is CCC(CC)CN(C)C1(CN)CCCC1. The van der Waals surface area contributed by atoms with Crippen molar-refractivity contribution < 1.29 is 0 Å². The van der Waals surface area contributed by atoms with Crippen LogP contribution in [0, 0.1) is 5.92 Å². The molecule has 0 heterocycles. The molecule has 0 aromatic rings. The molecule has 1 rings (SSSR count). The van der Waals surface area contributed by atoms with E-state index in [1.165, 1.54) is 45.1 Å². The van der Waals surface area contributed by atoms with Crippen molar-refractivity contribution in [2.24, 2.45) is 11.7 Å². The van der Waals surface area contributed by atoms with Crippen LogP contribution in [0.3, 0.4) is 0 Å². The number of likely N-dealkylation sites (N-methyl/N-ethyl adjacent to an activating group) is 1. The maximum absolute atomic E-state index is 5.99. The summed E-state index contributed by atoms with van der Waals surface area (Å²) in [5, 5.41) is 0. The average Bonchev–Trinajstić information content (AvgIpc) is 2.75. The van der Waals surface area contributed by atoms with Gasteiger partial charge in [0.2, 0.25) is 0 Å². The zero-order valence-corrected chi connectivity index (χ0v) is 10.8. The van der Waals surface area contributed by atoms with Crippen molar-refractivity contribution in [1.82, 2.24) is 4.90 Å². The van der Waals surface area contributed by atoms with Gasteiger partial charge in [-0.3, -0.25) is 4.90 Å². The lowest BCUT2D eigenvalue weighted by Crippen LogP contribution is -2.51. The minimum Gasteiger partial charge on any atom is -0.329 e. The van der Waals surface area contributed by atoms with Crippen LogP contribution in [-0.4, -0.2) is 30.6 Å². The Hall–Kier alpha value is -0.0800. The summed E-state index contributed by atoms with van der Waals surface area (Å²) in [6.45, 7) is 6.66. The van der Waals surface area contributed by atoms with E-state index in [-0.39, 0.29) is 0 Å². The molecule has 15 heavy (non-hydrogen) atoms. The predicted molar refractivity (Wildman–Crippen MR) is 67.0 cm³/mol. The molecule has 90 valence electrons. The van der Waals surface area contributed by atoms with Gasteiger partial charge in [-0.25, -0.2) is 0 Å². The highest BCUT2D eigenvalue weighted by atomic mass is 15.2. The molecule has 0 aromatic heterocycles. The third-order valence-corrected chi connectivity index (χ3v) is 4.41. The molecule has 0 saturated heterocycles. The van der Waals surface area contributed by atoms with E-state index >= 15 is 0 Å². The first-order valence-electron chi connectivity index (χ1n) is 6.59. The van der Waals surface area contributed by atoms with Gasteiger partial charge < -0.3 is 5.73 Å². The first-order valence-corrected chi connectivity index (χ1v) is 6.59. The number of hydrogen-bond acceptors (Lipinski definition) is 2. The molecule has 1 aliphatic carbocycles. The lowest BCUT2D eigenvalue weighted by atomic mass is 9.93. The van der Waals surface area contributed by atoms with Gasteiger partial charge >= 0.3 is 0 Å². The van der Waals surface area contributed by atoms with E-state index in [1.54, 1.807) is 0 Å². The first kappa shape index (κ1) is 13.0. The molecule has 0 aliphatic heterocycles. The van der Waals surface area contributed by atoms with Crippen molar-refractivity contribution in [3.05, 3.63) is 0 Å². The second-order valence-electron chi connectivity index (χ2n) is 5.20. The van der Waals surface area contributed by atoms with Crippen LogP contribution in [-0.2, 0) is 0 Å². The first-order chi connectivity index (χ1) is 7.18. The second-order valence-corrected chi connectivity index (χ2v) is 5.20. The number of nitrogens with two attached hydrogens (primary N) is 1. The van der Waals surface area contributed by atoms with Gasteiger partial charge in [-0.2, -0.15) is 0 Å². The van der Waals surface area contributed by atoms with E-state index in [4.69, 9.17) is 5.73 Å². The fourth-order valence-corrected chi connectivity index (χ4v) is 2.90. The van der Waals surface area contributed by atoms with Gasteiger partial charge in [0.15, 0.2) is 0 Å². The number of rotatable bonds is 6. The molecule has 2 heteroatoms. The minimum atomic E-state index is 0.336. The third-order valence-electron chi connectivity index (χ3n) is 4.41. The van der Waals surface area contributed by atoms with Crippen LogP contribution < -0.4 is 5.73 Å². The summed E-state index contributed by atoms with van der Waals surface area (Å²) in [6, 6.07) is 0. The molecule has 0 spiro atoms. The topological polar surface area (TPSA) is 29.3 Å². The summed E-state index contributed by atoms with van der Waals surface area (Å²) in [5.74, 6) is 0.846. The average molecular weight is 212 g/mol. The van der Waals surface area contributed by atoms with E-state index in [0.717, 1.165) is 12.5 Å². The molecule has 0 amide bonds. The number of nitrogens with zero attached hydrogens (tertiary/aromatic N) is 1. The highest BCUT2D eigenvalue weighted by Gasteiger charge is 2.36. The summed E-state index contributed by atoms with van der Waals surface area (Å²) in [6.07, 6.45) is 7.93. The van der Waals surface area contributed by atoms with Crippen molar-refractivity contribution in [3.63, 3.8) is 0 Å². The van der Waals surface area contributed by atoms with E-state index in [9.17, 15) is 0 Å². The Morgan fingerprint density at radius 1 is 1.20 bits per heavy atom. The van der Waals surface area contributed by atoms with E-state index in [0.29, 0.717) is 5.54 Å². The molecule has 0 unspecified atom stereocenters. The standard InChI is InChI=1S/C13H28N2/c1-4-12(5-2)10-15(3)13(11-14)8-6-7-9-13/h12H,4-11,14H2,1-3H3. The Kier molecular flexibility index (Phi) is 5.07. The Morgan fingerprint density at radius 3 is 2.13 bits per heavy atom. The summed E-state index contributed by atoms with van der Waals surface area (Å²) >= 11 is 0. The molecule has 1 saturated carbocycles. The van der Waals surface area contributed by atoms with Gasteiger partial charge in [0.25, 0.3) is 0 Å². The number of hydrogen-bond donors (Lipinski definition) is 1. The normalized spacial score (nSPS) is 20.4. The maximum atomic E-state index is 5.99. The van der Waals surface area contributed by atoms with Crippen LogP contribution in [0.25, 0.3) is 0 Å². The van der Waals surface area contributed by atoms with Crippen LogP contribution in [0.5, 0.6) is 0 Å². The van der Waals surface area contributed by atoms with Crippen molar-refractivity contribution in [2.45, 2.75) is 57.9 Å². The minimum absolute atomic E-state index is 0.336. The zero-order valence-electron chi connectivity index (χ0n) is 10.8. The molecule has 1 fully saturated rings. The summed E-state index contributed by atoms with van der Waals surface area (Å²) in [5.41, 5.74) is 6.32. The Balaban J connectivity index is 2.53. The monoisotopic (exact) mass is 212 g/mol. The highest BCUT2D eigenvalue weighted by molar-refractivity contribution is 4.94. The molecular weight excluding hydrogens is 184 g/mol. The van der Waals surface area contributed by atoms with E-state index in [1.807, 2.05) is 0 Å². The summed E-state index contributed by atoms with van der Waals surface area (Å²) in [4.78, 5) is 2.55. The van der Waals surface area contributed by atoms with Crippen molar-refractivity contribution in [3.8, 4) is 0 Å². The molecule has 1 aliphatic rings. The molecular formula is C13H28N2. The fourth-order valence-electron chi connectivity index (χ4n) is 2.90. The largest absolute Gasteiger partial charge is 0.329 e. The lowest BCUT2D eigenvalue weighted by Gasteiger charge is -2.39. The van der Waals surface area contributed by atoms with Crippen molar-refractivity contribution >= 4 is 0 Å². The van der Waals surface area contributed by atoms with Gasteiger partial charge in [-0.15, -0.1) is 0 Å². The molecule has 0 aromatic carbocycles. The predicted octanol–water partition coefficient (Wildman–Crippen LogP) is 2.63. The van der Waals surface area contributed by atoms with Gasteiger partial charge in [0.1, 0.15) is 0 Å². The van der Waals surface area contributed by atoms with Crippen LogP contribution in [0.2, 0.25) is 0 Å². The Morgan fingerprint density at radius 2 is 1.73 bits per heavy atom. The highest BCUT2D eigenvalue weighted by Crippen LogP contribution is 2.34. The van der Waals surface area contributed by atoms with Crippen LogP contribution >= 0.6 is 0 Å². The fraction of sp³-hybridized carbons (Fsp3) is 1.00. The van der Waals surface area contributed by atoms with Crippen molar-refractivity contribution in [2.75, 3.05) is 20.1 Å². The van der Waals surface area contributed by atoms with Gasteiger partial charge in [0.05, 0.1) is 0 Å². The lowest BCUT2D eigenvalue weighted by molar-refractivity contribution is 0.108. The maximum Gasteiger partial charge on any atom is 0.0328 e.